The molecule has 0 saturated heterocycles. The zero-order valence-corrected chi connectivity index (χ0v) is 15.5. The second-order valence-corrected chi connectivity index (χ2v) is 10.5. The Hall–Kier alpha value is -1.12. The first-order valence-electron chi connectivity index (χ1n) is 8.32. The van der Waals surface area contributed by atoms with E-state index in [1.54, 1.807) is 18.4 Å². The second-order valence-electron chi connectivity index (χ2n) is 7.03. The zero-order valence-electron chi connectivity index (χ0n) is 13.9. The van der Waals surface area contributed by atoms with Gasteiger partial charge in [-0.3, -0.25) is 0 Å². The fourth-order valence-electron chi connectivity index (χ4n) is 3.63. The van der Waals surface area contributed by atoms with Gasteiger partial charge in [-0.05, 0) is 43.6 Å². The average Bonchev–Trinajstić information content (AvgIpc) is 3.12. The highest BCUT2D eigenvalue weighted by Crippen LogP contribution is 2.39. The summed E-state index contributed by atoms with van der Waals surface area (Å²) in [6.07, 6.45) is 3.00. The molecule has 0 spiro atoms. The summed E-state index contributed by atoms with van der Waals surface area (Å²) in [6, 6.07) is 1.08. The van der Waals surface area contributed by atoms with Crippen LogP contribution in [0.5, 0.6) is 0 Å². The van der Waals surface area contributed by atoms with Crippen LogP contribution in [0.2, 0.25) is 0 Å². The lowest BCUT2D eigenvalue weighted by molar-refractivity contribution is 0.0123. The Bertz CT molecular complexity index is 730. The van der Waals surface area contributed by atoms with Gasteiger partial charge in [0.05, 0.1) is 16.9 Å². The quantitative estimate of drug-likeness (QED) is 0.758. The number of thiophene rings is 1. The molecular weight excluding hydrogens is 348 g/mol. The molecule has 8 heteroatoms. The molecule has 2 unspecified atom stereocenters. The molecule has 1 aliphatic carbocycles. The van der Waals surface area contributed by atoms with Crippen LogP contribution in [0, 0.1) is 5.92 Å². The van der Waals surface area contributed by atoms with E-state index in [2.05, 4.69) is 10.6 Å². The Kier molecular flexibility index (Phi) is 4.65. The summed E-state index contributed by atoms with van der Waals surface area (Å²) in [6.45, 7) is 3.89. The van der Waals surface area contributed by atoms with Crippen LogP contribution in [0.4, 0.5) is 4.79 Å². The topological polar surface area (TPSA) is 95.5 Å². The van der Waals surface area contributed by atoms with E-state index in [1.807, 2.05) is 6.92 Å². The van der Waals surface area contributed by atoms with E-state index in [0.717, 1.165) is 12.8 Å². The number of fused-ring (bicyclic) bond motifs is 1. The lowest BCUT2D eigenvalue weighted by Crippen LogP contribution is -2.49. The Morgan fingerprint density at radius 3 is 2.88 bits per heavy atom. The average molecular weight is 373 g/mol. The molecule has 1 fully saturated rings. The van der Waals surface area contributed by atoms with Crippen molar-refractivity contribution in [3.63, 3.8) is 0 Å². The van der Waals surface area contributed by atoms with Gasteiger partial charge in [-0.1, -0.05) is 13.3 Å². The highest BCUT2D eigenvalue weighted by Gasteiger charge is 2.40. The lowest BCUT2D eigenvalue weighted by atomic mass is 9.92. The first-order valence-corrected chi connectivity index (χ1v) is 10.7. The van der Waals surface area contributed by atoms with Gasteiger partial charge in [0.25, 0.3) is 0 Å². The third kappa shape index (κ3) is 3.07. The van der Waals surface area contributed by atoms with Crippen molar-refractivity contribution < 1.29 is 18.3 Å². The molecule has 24 heavy (non-hydrogen) atoms. The molecule has 3 rings (SSSR count). The molecule has 1 aliphatic heterocycles. The van der Waals surface area contributed by atoms with Crippen molar-refractivity contribution in [2.75, 3.05) is 6.54 Å². The smallest absolute Gasteiger partial charge is 0.315 e. The molecule has 3 N–H and O–H groups in total. The minimum Gasteiger partial charge on any atom is -0.388 e. The molecule has 2 amide bonds. The minimum absolute atomic E-state index is 0.168. The predicted molar refractivity (Wildman–Crippen MR) is 92.8 cm³/mol. The molecule has 2 aliphatic rings. The normalized spacial score (nSPS) is 34.5. The first-order chi connectivity index (χ1) is 11.2. The molecule has 0 aromatic carbocycles. The van der Waals surface area contributed by atoms with Crippen LogP contribution in [0.25, 0.3) is 0 Å². The van der Waals surface area contributed by atoms with Crippen molar-refractivity contribution in [2.24, 2.45) is 5.92 Å². The van der Waals surface area contributed by atoms with Gasteiger partial charge in [-0.25, -0.2) is 13.2 Å². The largest absolute Gasteiger partial charge is 0.388 e. The molecule has 6 nitrogen and oxygen atoms in total. The summed E-state index contributed by atoms with van der Waals surface area (Å²) in [7, 11) is -3.28. The maximum absolute atomic E-state index is 12.3. The van der Waals surface area contributed by atoms with Crippen molar-refractivity contribution >= 4 is 27.2 Å². The van der Waals surface area contributed by atoms with Crippen LogP contribution in [0.1, 0.15) is 51.1 Å². The van der Waals surface area contributed by atoms with Crippen LogP contribution >= 0.6 is 11.3 Å². The van der Waals surface area contributed by atoms with Crippen molar-refractivity contribution in [2.45, 2.75) is 60.6 Å². The van der Waals surface area contributed by atoms with Gasteiger partial charge in [-0.2, -0.15) is 0 Å². The highest BCUT2D eigenvalue weighted by atomic mass is 32.2. The van der Waals surface area contributed by atoms with E-state index in [1.165, 1.54) is 11.3 Å². The van der Waals surface area contributed by atoms with Gasteiger partial charge in [0.15, 0.2) is 9.84 Å². The standard InChI is InChI=1S/C16H24N2O4S2/c1-10-4-3-6-16(10,20)9-17-15(19)18-13-8-11(2)24(21,22)14-12(13)5-7-23-14/h5,7,10-11,13,20H,3-4,6,8-9H2,1-2H3,(H2,17,18,19)/t10?,11-,13-,16?/m0/s1. The molecule has 2 heterocycles. The number of carbonyl (C=O) groups is 1. The number of amides is 2. The molecule has 0 radical (unpaired) electrons. The number of carbonyl (C=O) groups excluding carboxylic acids is 1. The minimum atomic E-state index is -3.28. The Morgan fingerprint density at radius 1 is 1.46 bits per heavy atom. The summed E-state index contributed by atoms with van der Waals surface area (Å²) in [4.78, 5) is 12.2. The van der Waals surface area contributed by atoms with Crippen LogP contribution < -0.4 is 10.6 Å². The van der Waals surface area contributed by atoms with E-state index in [9.17, 15) is 18.3 Å². The van der Waals surface area contributed by atoms with Gasteiger partial charge in [0.1, 0.15) is 4.21 Å². The number of rotatable bonds is 3. The molecule has 1 aromatic rings. The summed E-state index contributed by atoms with van der Waals surface area (Å²) in [5.41, 5.74) is -0.171. The fraction of sp³-hybridized carbons (Fsp3) is 0.688. The zero-order chi connectivity index (χ0) is 17.5. The van der Waals surface area contributed by atoms with Gasteiger partial charge in [0.2, 0.25) is 0 Å². The molecular formula is C16H24N2O4S2. The molecule has 134 valence electrons. The van der Waals surface area contributed by atoms with Gasteiger partial charge in [0, 0.05) is 12.1 Å². The number of sulfone groups is 1. The SMILES string of the molecule is CC1CCCC1(O)CNC(=O)N[C@H]1C[C@H](C)S(=O)(=O)c2sccc21. The Balaban J connectivity index is 1.65. The number of aliphatic hydroxyl groups is 1. The van der Waals surface area contributed by atoms with E-state index < -0.39 is 20.7 Å². The summed E-state index contributed by atoms with van der Waals surface area (Å²) in [5.74, 6) is 0.168. The number of hydrogen-bond acceptors (Lipinski definition) is 5. The van der Waals surface area contributed by atoms with E-state index in [0.29, 0.717) is 22.6 Å². The van der Waals surface area contributed by atoms with E-state index in [4.69, 9.17) is 0 Å². The number of urea groups is 1. The maximum atomic E-state index is 12.3. The highest BCUT2D eigenvalue weighted by molar-refractivity contribution is 7.94. The third-order valence-corrected chi connectivity index (χ3v) is 9.13. The summed E-state index contributed by atoms with van der Waals surface area (Å²) in [5, 5.41) is 17.4. The van der Waals surface area contributed by atoms with Crippen LogP contribution in [-0.4, -0.2) is 37.0 Å². The first kappa shape index (κ1) is 17.7. The predicted octanol–water partition coefficient (Wildman–Crippen LogP) is 2.21. The molecule has 0 bridgehead atoms. The van der Waals surface area contributed by atoms with Gasteiger partial charge < -0.3 is 15.7 Å². The Labute approximate surface area is 146 Å². The molecule has 4 atom stereocenters. The molecule has 1 aromatic heterocycles. The van der Waals surface area contributed by atoms with Crippen LogP contribution in [-0.2, 0) is 9.84 Å². The summed E-state index contributed by atoms with van der Waals surface area (Å²) >= 11 is 1.20. The number of nitrogens with one attached hydrogen (secondary N) is 2. The number of hydrogen-bond donors (Lipinski definition) is 3. The van der Waals surface area contributed by atoms with Crippen molar-refractivity contribution in [1.82, 2.24) is 10.6 Å². The van der Waals surface area contributed by atoms with Crippen LogP contribution in [0.15, 0.2) is 15.7 Å². The Morgan fingerprint density at radius 2 is 2.21 bits per heavy atom. The molecule has 1 saturated carbocycles. The second kappa shape index (κ2) is 6.31. The van der Waals surface area contributed by atoms with Crippen molar-refractivity contribution in [1.29, 1.82) is 0 Å². The lowest BCUT2D eigenvalue weighted by Gasteiger charge is -2.30. The van der Waals surface area contributed by atoms with Crippen LogP contribution in [0.3, 0.4) is 0 Å². The maximum Gasteiger partial charge on any atom is 0.315 e. The van der Waals surface area contributed by atoms with Crippen molar-refractivity contribution in [3.05, 3.63) is 17.0 Å². The third-order valence-electron chi connectivity index (χ3n) is 5.41. The summed E-state index contributed by atoms with van der Waals surface area (Å²) < 4.78 is 25.0. The van der Waals surface area contributed by atoms with Gasteiger partial charge >= 0.3 is 6.03 Å². The van der Waals surface area contributed by atoms with E-state index >= 15 is 0 Å². The van der Waals surface area contributed by atoms with E-state index in [-0.39, 0.29) is 24.5 Å². The monoisotopic (exact) mass is 372 g/mol. The van der Waals surface area contributed by atoms with Gasteiger partial charge in [-0.15, -0.1) is 11.3 Å². The van der Waals surface area contributed by atoms with Crippen molar-refractivity contribution in [3.8, 4) is 0 Å². The fourth-order valence-corrected chi connectivity index (χ4v) is 6.87.